The van der Waals surface area contributed by atoms with Gasteiger partial charge < -0.3 is 4.42 Å². The second kappa shape index (κ2) is 9.24. The summed E-state index contributed by atoms with van der Waals surface area (Å²) in [6, 6.07) is 52.5. The first kappa shape index (κ1) is 23.6. The van der Waals surface area contributed by atoms with Crippen molar-refractivity contribution in [2.45, 2.75) is 9.79 Å². The highest BCUT2D eigenvalue weighted by Gasteiger charge is 2.20. The molecule has 1 aliphatic heterocycles. The van der Waals surface area contributed by atoms with Crippen molar-refractivity contribution in [1.29, 1.82) is 0 Å². The van der Waals surface area contributed by atoms with E-state index in [2.05, 4.69) is 133 Å². The van der Waals surface area contributed by atoms with Crippen molar-refractivity contribution in [3.05, 3.63) is 146 Å². The lowest BCUT2D eigenvalue weighted by molar-refractivity contribution is 0.670. The van der Waals surface area contributed by atoms with Crippen LogP contribution in [0.1, 0.15) is 0 Å². The van der Waals surface area contributed by atoms with Gasteiger partial charge in [-0.2, -0.15) is 0 Å². The smallest absolute Gasteiger partial charge is 0.143 e. The molecule has 2 heterocycles. The Morgan fingerprint density at radius 2 is 1.07 bits per heavy atom. The summed E-state index contributed by atoms with van der Waals surface area (Å²) < 4.78 is 6.30. The van der Waals surface area contributed by atoms with Gasteiger partial charge in [0.2, 0.25) is 0 Å². The van der Waals surface area contributed by atoms with Crippen LogP contribution in [0.15, 0.2) is 160 Å². The molecule has 1 aliphatic rings. The van der Waals surface area contributed by atoms with Crippen molar-refractivity contribution in [2.24, 2.45) is 0 Å². The SMILES string of the molecule is c1cc(-c2ccc(-c3cccc4c3oc3ccccc34)cc2)cc(-c2ccc3c4c(cccc24)-c2ccccc2S3)c1. The third-order valence-electron chi connectivity index (χ3n) is 8.51. The molecule has 1 nitrogen and oxygen atoms in total. The largest absolute Gasteiger partial charge is 0.455 e. The maximum absolute atomic E-state index is 6.30. The molecule has 0 radical (unpaired) electrons. The van der Waals surface area contributed by atoms with Crippen LogP contribution >= 0.6 is 11.8 Å². The van der Waals surface area contributed by atoms with E-state index in [4.69, 9.17) is 4.42 Å². The Labute approximate surface area is 248 Å². The number of furan rings is 1. The molecule has 196 valence electrons. The fraction of sp³-hybridized carbons (Fsp3) is 0. The summed E-state index contributed by atoms with van der Waals surface area (Å²) in [4.78, 5) is 2.65. The second-order valence-corrected chi connectivity index (χ2v) is 12.0. The summed E-state index contributed by atoms with van der Waals surface area (Å²) in [7, 11) is 0. The van der Waals surface area contributed by atoms with Crippen molar-refractivity contribution in [3.63, 3.8) is 0 Å². The molecule has 0 spiro atoms. The van der Waals surface area contributed by atoms with Gasteiger partial charge in [0.05, 0.1) is 0 Å². The molecular weight excluding hydrogens is 529 g/mol. The molecule has 0 amide bonds. The minimum atomic E-state index is 0.926. The van der Waals surface area contributed by atoms with Gasteiger partial charge in [-0.1, -0.05) is 133 Å². The quantitative estimate of drug-likeness (QED) is 0.216. The van der Waals surface area contributed by atoms with Gasteiger partial charge in [-0.15, -0.1) is 0 Å². The number of hydrogen-bond acceptors (Lipinski definition) is 2. The topological polar surface area (TPSA) is 13.1 Å². The van der Waals surface area contributed by atoms with Crippen molar-refractivity contribution >= 4 is 44.5 Å². The summed E-state index contributed by atoms with van der Waals surface area (Å²) >= 11 is 1.87. The van der Waals surface area contributed by atoms with Crippen molar-refractivity contribution in [2.75, 3.05) is 0 Å². The highest BCUT2D eigenvalue weighted by atomic mass is 32.2. The summed E-state index contributed by atoms with van der Waals surface area (Å²) in [6.07, 6.45) is 0. The Morgan fingerprint density at radius 1 is 0.381 bits per heavy atom. The Morgan fingerprint density at radius 3 is 2.00 bits per heavy atom. The lowest BCUT2D eigenvalue weighted by Gasteiger charge is -2.21. The van der Waals surface area contributed by atoms with Crippen molar-refractivity contribution < 1.29 is 4.42 Å². The third kappa shape index (κ3) is 3.59. The van der Waals surface area contributed by atoms with E-state index in [1.165, 1.54) is 53.9 Å². The van der Waals surface area contributed by atoms with Crippen molar-refractivity contribution in [1.82, 2.24) is 0 Å². The van der Waals surface area contributed by atoms with Crippen LogP contribution < -0.4 is 0 Å². The van der Waals surface area contributed by atoms with Crippen molar-refractivity contribution in [3.8, 4) is 44.5 Å². The van der Waals surface area contributed by atoms with Crippen LogP contribution in [0.2, 0.25) is 0 Å². The van der Waals surface area contributed by atoms with Crippen LogP contribution in [-0.4, -0.2) is 0 Å². The first-order valence-electron chi connectivity index (χ1n) is 14.3. The lowest BCUT2D eigenvalue weighted by atomic mass is 9.91. The van der Waals surface area contributed by atoms with E-state index in [9.17, 15) is 0 Å². The van der Waals surface area contributed by atoms with Gasteiger partial charge >= 0.3 is 0 Å². The number of para-hydroxylation sites is 2. The van der Waals surface area contributed by atoms with Gasteiger partial charge in [-0.3, -0.25) is 0 Å². The summed E-state index contributed by atoms with van der Waals surface area (Å²) in [5.74, 6) is 0. The Bertz CT molecular complexity index is 2320. The second-order valence-electron chi connectivity index (χ2n) is 10.9. The molecule has 7 aromatic carbocycles. The summed E-state index contributed by atoms with van der Waals surface area (Å²) in [6.45, 7) is 0. The molecule has 2 heteroatoms. The maximum atomic E-state index is 6.30. The van der Waals surface area contributed by atoms with Crippen LogP contribution in [-0.2, 0) is 0 Å². The van der Waals surface area contributed by atoms with Crippen LogP contribution in [0.25, 0.3) is 77.2 Å². The molecule has 0 fully saturated rings. The first-order chi connectivity index (χ1) is 20.8. The van der Waals surface area contributed by atoms with Gasteiger partial charge in [0, 0.05) is 31.5 Å². The van der Waals surface area contributed by atoms with E-state index in [-0.39, 0.29) is 0 Å². The lowest BCUT2D eigenvalue weighted by Crippen LogP contribution is -1.94. The number of hydrogen-bond donors (Lipinski definition) is 0. The number of rotatable bonds is 3. The fourth-order valence-corrected chi connectivity index (χ4v) is 7.64. The molecule has 0 saturated heterocycles. The molecule has 0 N–H and O–H groups in total. The van der Waals surface area contributed by atoms with Gasteiger partial charge in [0.1, 0.15) is 11.2 Å². The Balaban J connectivity index is 1.11. The predicted octanol–water partition coefficient (Wildman–Crippen LogP) is 11.9. The minimum absolute atomic E-state index is 0.926. The monoisotopic (exact) mass is 552 g/mol. The zero-order valence-electron chi connectivity index (χ0n) is 22.7. The molecule has 0 unspecified atom stereocenters. The molecule has 0 atom stereocenters. The molecule has 9 rings (SSSR count). The van der Waals surface area contributed by atoms with Gasteiger partial charge in [0.25, 0.3) is 0 Å². The standard InChI is InChI=1S/C40H24OS/c1-3-16-36-31(10-1)35-15-6-12-30(40(35)41-36)26-20-18-25(19-21-26)27-8-5-9-28(24-27)29-22-23-38-39-33(29)13-7-14-34(39)32-11-2-4-17-37(32)42-38/h1-24H. The minimum Gasteiger partial charge on any atom is -0.455 e. The van der Waals surface area contributed by atoms with E-state index in [1.54, 1.807) is 0 Å². The molecule has 1 aromatic heterocycles. The van der Waals surface area contributed by atoms with E-state index in [1.807, 2.05) is 23.9 Å². The number of benzene rings is 7. The van der Waals surface area contributed by atoms with Gasteiger partial charge in [-0.05, 0) is 68.6 Å². The van der Waals surface area contributed by atoms with E-state index >= 15 is 0 Å². The molecule has 0 aliphatic carbocycles. The van der Waals surface area contributed by atoms with Crippen LogP contribution in [0.4, 0.5) is 0 Å². The average Bonchev–Trinajstić information content (AvgIpc) is 3.44. The fourth-order valence-electron chi connectivity index (χ4n) is 6.52. The van der Waals surface area contributed by atoms with Crippen LogP contribution in [0.5, 0.6) is 0 Å². The van der Waals surface area contributed by atoms with E-state index in [0.717, 1.165) is 33.1 Å². The Kier molecular flexibility index (Phi) is 5.20. The molecule has 0 saturated carbocycles. The van der Waals surface area contributed by atoms with E-state index in [0.29, 0.717) is 0 Å². The highest BCUT2D eigenvalue weighted by molar-refractivity contribution is 7.99. The first-order valence-corrected chi connectivity index (χ1v) is 15.1. The number of fused-ring (bicyclic) bond motifs is 5. The normalized spacial score (nSPS) is 12.2. The third-order valence-corrected chi connectivity index (χ3v) is 9.64. The molecule has 42 heavy (non-hydrogen) atoms. The van der Waals surface area contributed by atoms with E-state index < -0.39 is 0 Å². The molecule has 0 bridgehead atoms. The molecular formula is C40H24OS. The zero-order valence-corrected chi connectivity index (χ0v) is 23.5. The zero-order chi connectivity index (χ0) is 27.6. The Hall–Kier alpha value is -5.05. The summed E-state index contributed by atoms with van der Waals surface area (Å²) in [5.41, 5.74) is 11.7. The highest BCUT2D eigenvalue weighted by Crippen LogP contribution is 2.49. The van der Waals surface area contributed by atoms with Gasteiger partial charge in [0.15, 0.2) is 0 Å². The predicted molar refractivity (Wildman–Crippen MR) is 177 cm³/mol. The molecule has 8 aromatic rings. The summed E-state index contributed by atoms with van der Waals surface area (Å²) in [5, 5.41) is 4.97. The van der Waals surface area contributed by atoms with Gasteiger partial charge in [-0.25, -0.2) is 0 Å². The van der Waals surface area contributed by atoms with Crippen LogP contribution in [0.3, 0.4) is 0 Å². The maximum Gasteiger partial charge on any atom is 0.143 e. The average molecular weight is 553 g/mol. The van der Waals surface area contributed by atoms with Crippen LogP contribution in [0, 0.1) is 0 Å².